The third-order valence-corrected chi connectivity index (χ3v) is 7.56. The first-order valence-electron chi connectivity index (χ1n) is 11.7. The molecule has 6 nitrogen and oxygen atoms in total. The molecule has 1 amide bonds. The third-order valence-electron chi connectivity index (χ3n) is 7.56. The van der Waals surface area contributed by atoms with Crippen LogP contribution in [0.15, 0.2) is 35.3 Å². The Morgan fingerprint density at radius 2 is 1.82 bits per heavy atom. The predicted molar refractivity (Wildman–Crippen MR) is 123 cm³/mol. The highest BCUT2D eigenvalue weighted by Crippen LogP contribution is 2.47. The quantitative estimate of drug-likeness (QED) is 0.638. The Balaban J connectivity index is 1.41. The number of aromatic nitrogens is 1. The van der Waals surface area contributed by atoms with Gasteiger partial charge in [-0.25, -0.2) is 13.2 Å². The first-order chi connectivity index (χ1) is 16.2. The molecular formula is C25H29F3N4O2. The Labute approximate surface area is 196 Å². The highest BCUT2D eigenvalue weighted by Gasteiger charge is 2.55. The molecule has 1 aromatic carbocycles. The molecule has 2 aromatic rings. The van der Waals surface area contributed by atoms with Gasteiger partial charge < -0.3 is 20.1 Å². The summed E-state index contributed by atoms with van der Waals surface area (Å²) in [5.41, 5.74) is -0.107. The molecule has 1 saturated heterocycles. The van der Waals surface area contributed by atoms with Crippen LogP contribution < -0.4 is 16.2 Å². The Morgan fingerprint density at radius 3 is 2.44 bits per heavy atom. The maximum Gasteiger partial charge on any atom is 0.266 e. The minimum atomic E-state index is -2.94. The van der Waals surface area contributed by atoms with E-state index in [0.29, 0.717) is 29.0 Å². The molecule has 1 aliphatic heterocycles. The van der Waals surface area contributed by atoms with E-state index in [4.69, 9.17) is 0 Å². The van der Waals surface area contributed by atoms with Gasteiger partial charge in [0.1, 0.15) is 5.82 Å². The van der Waals surface area contributed by atoms with E-state index in [1.165, 1.54) is 18.2 Å². The second-order valence-corrected chi connectivity index (χ2v) is 10.1. The number of hydrogen-bond acceptors (Lipinski definition) is 4. The number of benzene rings is 1. The Kier molecular flexibility index (Phi) is 5.70. The van der Waals surface area contributed by atoms with Crippen LogP contribution in [-0.4, -0.2) is 41.6 Å². The molecule has 3 fully saturated rings. The van der Waals surface area contributed by atoms with E-state index in [-0.39, 0.29) is 23.2 Å². The second-order valence-electron chi connectivity index (χ2n) is 10.1. The Hall–Kier alpha value is -2.81. The number of anilines is 1. The average molecular weight is 475 g/mol. The van der Waals surface area contributed by atoms with Crippen LogP contribution in [0.5, 0.6) is 0 Å². The number of piperidine rings is 1. The molecule has 34 heavy (non-hydrogen) atoms. The lowest BCUT2D eigenvalue weighted by molar-refractivity contribution is 0.0939. The number of carbonyl (C=O) groups excluding carboxylic acids is 1. The van der Waals surface area contributed by atoms with Crippen molar-refractivity contribution in [1.29, 1.82) is 0 Å². The van der Waals surface area contributed by atoms with E-state index in [9.17, 15) is 22.8 Å². The van der Waals surface area contributed by atoms with Gasteiger partial charge in [-0.15, -0.1) is 0 Å². The minimum Gasteiger partial charge on any atom is -0.381 e. The fraction of sp³-hybridized carbons (Fsp3) is 0.520. The Bertz CT molecular complexity index is 1170. The van der Waals surface area contributed by atoms with E-state index < -0.39 is 29.8 Å². The zero-order valence-electron chi connectivity index (χ0n) is 19.4. The van der Waals surface area contributed by atoms with Crippen molar-refractivity contribution in [3.05, 3.63) is 63.3 Å². The molecule has 0 spiro atoms. The summed E-state index contributed by atoms with van der Waals surface area (Å²) >= 11 is 0. The largest absolute Gasteiger partial charge is 0.381 e. The smallest absolute Gasteiger partial charge is 0.266 e. The fourth-order valence-corrected chi connectivity index (χ4v) is 5.35. The molecule has 2 aliphatic carbocycles. The van der Waals surface area contributed by atoms with Crippen LogP contribution in [-0.2, 0) is 0 Å². The summed E-state index contributed by atoms with van der Waals surface area (Å²) in [6, 6.07) is 4.67. The first kappa shape index (κ1) is 23.0. The molecule has 6 atom stereocenters. The molecule has 5 rings (SSSR count). The topological polar surface area (TPSA) is 66.4 Å². The van der Waals surface area contributed by atoms with Crippen molar-refractivity contribution < 1.29 is 18.0 Å². The van der Waals surface area contributed by atoms with Crippen molar-refractivity contribution in [3.63, 3.8) is 0 Å². The molecule has 3 aliphatic rings. The van der Waals surface area contributed by atoms with Gasteiger partial charge in [0.2, 0.25) is 0 Å². The summed E-state index contributed by atoms with van der Waals surface area (Å²) in [4.78, 5) is 28.4. The molecule has 1 aromatic heterocycles. The lowest BCUT2D eigenvalue weighted by Gasteiger charge is -2.20. The highest BCUT2D eigenvalue weighted by atomic mass is 19.3. The number of nitrogens with zero attached hydrogens (tertiary/aromatic N) is 2. The standard InChI is InChI=1S/C25H29F3N4O2/c1-12-7-20(12)32-11-18(19(8-21(32)33)30-23-16-9-31(3)10-17(16)23)25(34)29-13(2)14-5-4-6-15(22(14)26)24(27)28/h4-6,8,11-13,16-17,20,23-24,30H,7,9-10H2,1-3H3,(H,29,34)/t12-,13-,16-,17+,20+,23?/m1/s1. The maximum atomic E-state index is 14.6. The van der Waals surface area contributed by atoms with E-state index in [2.05, 4.69) is 22.6 Å². The van der Waals surface area contributed by atoms with Gasteiger partial charge in [-0.1, -0.05) is 25.1 Å². The number of carbonyl (C=O) groups is 1. The SMILES string of the molecule is C[C@@H]1C[C@@H]1n1cc(C(=O)N[C@H](C)c2cccc(C(F)F)c2F)c(NC2[C@H]3CN(C)C[C@@H]23)cc1=O. The van der Waals surface area contributed by atoms with Crippen LogP contribution in [0.3, 0.4) is 0 Å². The minimum absolute atomic E-state index is 0.00967. The second kappa shape index (κ2) is 8.45. The number of fused-ring (bicyclic) bond motifs is 1. The molecule has 182 valence electrons. The third kappa shape index (κ3) is 4.10. The van der Waals surface area contributed by atoms with E-state index >= 15 is 0 Å². The van der Waals surface area contributed by atoms with Crippen LogP contribution >= 0.6 is 0 Å². The van der Waals surface area contributed by atoms with Crippen LogP contribution in [0.2, 0.25) is 0 Å². The normalized spacial score (nSPS) is 28.5. The lowest BCUT2D eigenvalue weighted by Crippen LogP contribution is -2.32. The van der Waals surface area contributed by atoms with Crippen molar-refractivity contribution in [1.82, 2.24) is 14.8 Å². The van der Waals surface area contributed by atoms with Gasteiger partial charge in [0.25, 0.3) is 17.9 Å². The summed E-state index contributed by atoms with van der Waals surface area (Å²) in [5.74, 6) is -0.179. The zero-order chi connectivity index (χ0) is 24.3. The lowest BCUT2D eigenvalue weighted by atomic mass is 10.0. The van der Waals surface area contributed by atoms with Crippen molar-refractivity contribution in [2.24, 2.45) is 17.8 Å². The van der Waals surface area contributed by atoms with Crippen molar-refractivity contribution >= 4 is 11.6 Å². The maximum absolute atomic E-state index is 14.6. The average Bonchev–Trinajstić information content (AvgIpc) is 3.60. The molecule has 2 N–H and O–H groups in total. The number of alkyl halides is 2. The monoisotopic (exact) mass is 474 g/mol. The fourth-order valence-electron chi connectivity index (χ4n) is 5.35. The van der Waals surface area contributed by atoms with Crippen LogP contribution in [0.25, 0.3) is 0 Å². The molecule has 2 heterocycles. The first-order valence-corrected chi connectivity index (χ1v) is 11.7. The van der Waals surface area contributed by atoms with Crippen molar-refractivity contribution in [3.8, 4) is 0 Å². The number of pyridine rings is 1. The number of halogens is 3. The molecule has 0 bridgehead atoms. The van der Waals surface area contributed by atoms with E-state index in [1.807, 2.05) is 6.92 Å². The number of likely N-dealkylation sites (tertiary alicyclic amines) is 1. The number of rotatable bonds is 7. The summed E-state index contributed by atoms with van der Waals surface area (Å²) < 4.78 is 42.5. The van der Waals surface area contributed by atoms with Gasteiger partial charge in [-0.2, -0.15) is 0 Å². The van der Waals surface area contributed by atoms with Gasteiger partial charge in [0.15, 0.2) is 0 Å². The van der Waals surface area contributed by atoms with Crippen LogP contribution in [0.1, 0.15) is 60.3 Å². The molecule has 0 radical (unpaired) electrons. The van der Waals surface area contributed by atoms with Gasteiger partial charge in [0, 0.05) is 43.0 Å². The summed E-state index contributed by atoms with van der Waals surface area (Å²) in [6.07, 6.45) is -0.494. The van der Waals surface area contributed by atoms with Gasteiger partial charge in [-0.3, -0.25) is 9.59 Å². The van der Waals surface area contributed by atoms with E-state index in [1.54, 1.807) is 17.7 Å². The van der Waals surface area contributed by atoms with Gasteiger partial charge in [0.05, 0.1) is 22.9 Å². The molecule has 2 saturated carbocycles. The summed E-state index contributed by atoms with van der Waals surface area (Å²) in [5, 5.41) is 6.14. The van der Waals surface area contributed by atoms with Crippen LogP contribution in [0, 0.1) is 23.6 Å². The van der Waals surface area contributed by atoms with Crippen molar-refractivity contribution in [2.75, 3.05) is 25.5 Å². The number of hydrogen-bond donors (Lipinski definition) is 2. The predicted octanol–water partition coefficient (Wildman–Crippen LogP) is 3.97. The van der Waals surface area contributed by atoms with Gasteiger partial charge in [-0.05, 0) is 38.1 Å². The number of amides is 1. The van der Waals surface area contributed by atoms with Crippen molar-refractivity contribution in [2.45, 2.75) is 44.8 Å². The van der Waals surface area contributed by atoms with Crippen LogP contribution in [0.4, 0.5) is 18.9 Å². The molecule has 1 unspecified atom stereocenters. The summed E-state index contributed by atoms with van der Waals surface area (Å²) in [6.45, 7) is 5.54. The molecular weight excluding hydrogens is 445 g/mol. The van der Waals surface area contributed by atoms with Gasteiger partial charge >= 0.3 is 0 Å². The zero-order valence-corrected chi connectivity index (χ0v) is 19.4. The Morgan fingerprint density at radius 1 is 1.18 bits per heavy atom. The molecule has 9 heteroatoms. The summed E-state index contributed by atoms with van der Waals surface area (Å²) in [7, 11) is 2.07. The highest BCUT2D eigenvalue weighted by molar-refractivity contribution is 5.99. The number of nitrogens with one attached hydrogen (secondary N) is 2. The van der Waals surface area contributed by atoms with E-state index in [0.717, 1.165) is 25.6 Å².